The van der Waals surface area contributed by atoms with Crippen LogP contribution in [0.1, 0.15) is 33.5 Å². The molecular formula is C10H15N3O. The maximum Gasteiger partial charge on any atom is 0.221 e. The zero-order valence-corrected chi connectivity index (χ0v) is 8.96. The normalized spacial score (nSPS) is 11.1. The quantitative estimate of drug-likeness (QED) is 0.739. The van der Waals surface area contributed by atoms with Gasteiger partial charge in [0.1, 0.15) is 5.82 Å². The van der Waals surface area contributed by atoms with Crippen LogP contribution in [0.3, 0.4) is 0 Å². The summed E-state index contributed by atoms with van der Waals surface area (Å²) >= 11 is 0. The van der Waals surface area contributed by atoms with Crippen LogP contribution in [0.4, 0.5) is 5.69 Å². The Hall–Kier alpha value is -1.45. The molecule has 1 aromatic rings. The molecule has 0 radical (unpaired) electrons. The minimum Gasteiger partial charge on any atom is -0.324 e. The van der Waals surface area contributed by atoms with Gasteiger partial charge in [-0.25, -0.2) is 9.97 Å². The van der Waals surface area contributed by atoms with Gasteiger partial charge in [0.25, 0.3) is 0 Å². The minimum atomic E-state index is -0.114. The fraction of sp³-hybridized carbons (Fsp3) is 0.500. The predicted molar refractivity (Wildman–Crippen MR) is 55.0 cm³/mol. The van der Waals surface area contributed by atoms with Crippen LogP contribution in [0, 0.1) is 0 Å². The molecule has 1 aromatic heterocycles. The Balaban J connectivity index is 2.84. The van der Waals surface area contributed by atoms with Crippen LogP contribution in [0.15, 0.2) is 12.4 Å². The lowest BCUT2D eigenvalue weighted by molar-refractivity contribution is -0.114. The topological polar surface area (TPSA) is 54.9 Å². The molecule has 0 saturated carbocycles. The van der Waals surface area contributed by atoms with Gasteiger partial charge in [-0.05, 0) is 0 Å². The number of rotatable bonds is 1. The summed E-state index contributed by atoms with van der Waals surface area (Å²) in [6, 6.07) is 0. The van der Waals surface area contributed by atoms with E-state index in [0.29, 0.717) is 5.69 Å². The Bertz CT molecular complexity index is 324. The molecule has 4 nitrogen and oxygen atoms in total. The molecule has 1 amide bonds. The van der Waals surface area contributed by atoms with Gasteiger partial charge in [-0.2, -0.15) is 0 Å². The largest absolute Gasteiger partial charge is 0.324 e. The van der Waals surface area contributed by atoms with Crippen LogP contribution in [0.25, 0.3) is 0 Å². The molecule has 0 bridgehead atoms. The van der Waals surface area contributed by atoms with Crippen molar-refractivity contribution in [3.05, 3.63) is 18.2 Å². The van der Waals surface area contributed by atoms with E-state index in [9.17, 15) is 4.79 Å². The first-order valence-corrected chi connectivity index (χ1v) is 4.50. The molecule has 0 spiro atoms. The lowest BCUT2D eigenvalue weighted by atomic mass is 9.96. The van der Waals surface area contributed by atoms with Gasteiger partial charge in [0.2, 0.25) is 5.91 Å². The number of carbonyl (C=O) groups is 1. The van der Waals surface area contributed by atoms with E-state index < -0.39 is 0 Å². The SMILES string of the molecule is CC(=O)Nc1cnc(C(C)(C)C)nc1. The number of anilines is 1. The molecule has 0 fully saturated rings. The molecule has 4 heteroatoms. The minimum absolute atomic E-state index is 0.0608. The van der Waals surface area contributed by atoms with Crippen molar-refractivity contribution in [2.24, 2.45) is 0 Å². The summed E-state index contributed by atoms with van der Waals surface area (Å²) in [7, 11) is 0. The van der Waals surface area contributed by atoms with Crippen molar-refractivity contribution in [1.82, 2.24) is 9.97 Å². The zero-order chi connectivity index (χ0) is 10.8. The van der Waals surface area contributed by atoms with E-state index in [0.717, 1.165) is 5.82 Å². The van der Waals surface area contributed by atoms with Gasteiger partial charge in [0, 0.05) is 12.3 Å². The highest BCUT2D eigenvalue weighted by atomic mass is 16.1. The molecule has 0 atom stereocenters. The fourth-order valence-electron chi connectivity index (χ4n) is 0.983. The summed E-state index contributed by atoms with van der Waals surface area (Å²) in [5, 5.41) is 2.62. The van der Waals surface area contributed by atoms with Crippen molar-refractivity contribution >= 4 is 11.6 Å². The molecule has 1 rings (SSSR count). The van der Waals surface area contributed by atoms with E-state index in [1.807, 2.05) is 20.8 Å². The van der Waals surface area contributed by atoms with Gasteiger partial charge >= 0.3 is 0 Å². The molecular weight excluding hydrogens is 178 g/mol. The van der Waals surface area contributed by atoms with E-state index in [1.165, 1.54) is 6.92 Å². The molecule has 1 N–H and O–H groups in total. The predicted octanol–water partition coefficient (Wildman–Crippen LogP) is 1.73. The van der Waals surface area contributed by atoms with Crippen molar-refractivity contribution in [2.45, 2.75) is 33.1 Å². The summed E-state index contributed by atoms with van der Waals surface area (Å²) in [6.45, 7) is 7.58. The van der Waals surface area contributed by atoms with Gasteiger partial charge < -0.3 is 5.32 Å². The zero-order valence-electron chi connectivity index (χ0n) is 8.96. The third kappa shape index (κ3) is 2.80. The average Bonchev–Trinajstić information content (AvgIpc) is 2.02. The number of hydrogen-bond acceptors (Lipinski definition) is 3. The molecule has 0 aliphatic rings. The van der Waals surface area contributed by atoms with Crippen LogP contribution in [-0.2, 0) is 10.2 Å². The van der Waals surface area contributed by atoms with Gasteiger partial charge in [0.05, 0.1) is 18.1 Å². The summed E-state index contributed by atoms with van der Waals surface area (Å²) in [5.74, 6) is 0.656. The number of nitrogens with zero attached hydrogens (tertiary/aromatic N) is 2. The van der Waals surface area contributed by atoms with E-state index in [1.54, 1.807) is 12.4 Å². The highest BCUT2D eigenvalue weighted by molar-refractivity contribution is 5.88. The van der Waals surface area contributed by atoms with Crippen LogP contribution in [0.2, 0.25) is 0 Å². The number of nitrogens with one attached hydrogen (secondary N) is 1. The third-order valence-corrected chi connectivity index (χ3v) is 1.64. The van der Waals surface area contributed by atoms with E-state index in [4.69, 9.17) is 0 Å². The lowest BCUT2D eigenvalue weighted by Gasteiger charge is -2.15. The fourth-order valence-corrected chi connectivity index (χ4v) is 0.983. The molecule has 0 aliphatic carbocycles. The summed E-state index contributed by atoms with van der Waals surface area (Å²) in [4.78, 5) is 19.1. The number of carbonyl (C=O) groups excluding carboxylic acids is 1. The number of aromatic nitrogens is 2. The third-order valence-electron chi connectivity index (χ3n) is 1.64. The Morgan fingerprint density at radius 1 is 1.29 bits per heavy atom. The van der Waals surface area contributed by atoms with Gasteiger partial charge in [-0.1, -0.05) is 20.8 Å². The molecule has 0 aliphatic heterocycles. The van der Waals surface area contributed by atoms with E-state index >= 15 is 0 Å². The van der Waals surface area contributed by atoms with Gasteiger partial charge in [0.15, 0.2) is 0 Å². The van der Waals surface area contributed by atoms with Crippen molar-refractivity contribution in [2.75, 3.05) is 5.32 Å². The molecule has 1 heterocycles. The van der Waals surface area contributed by atoms with Crippen molar-refractivity contribution in [3.8, 4) is 0 Å². The molecule has 0 unspecified atom stereocenters. The van der Waals surface area contributed by atoms with Crippen LogP contribution >= 0.6 is 0 Å². The van der Waals surface area contributed by atoms with Crippen LogP contribution < -0.4 is 5.32 Å². The highest BCUT2D eigenvalue weighted by Crippen LogP contribution is 2.17. The Labute approximate surface area is 83.8 Å². The number of amides is 1. The van der Waals surface area contributed by atoms with Crippen molar-refractivity contribution < 1.29 is 4.79 Å². The Kier molecular flexibility index (Phi) is 2.84. The molecule has 76 valence electrons. The second-order valence-corrected chi connectivity index (χ2v) is 4.23. The Morgan fingerprint density at radius 2 is 1.79 bits per heavy atom. The Morgan fingerprint density at radius 3 is 2.14 bits per heavy atom. The number of hydrogen-bond donors (Lipinski definition) is 1. The maximum atomic E-state index is 10.7. The first-order chi connectivity index (χ1) is 6.39. The summed E-state index contributed by atoms with van der Waals surface area (Å²) in [6.07, 6.45) is 3.24. The first kappa shape index (κ1) is 10.6. The average molecular weight is 193 g/mol. The first-order valence-electron chi connectivity index (χ1n) is 4.50. The standard InChI is InChI=1S/C10H15N3O/c1-7(14)13-8-5-11-9(12-6-8)10(2,3)4/h5-6H,1-4H3,(H,13,14). The van der Waals surface area contributed by atoms with Gasteiger partial charge in [-0.15, -0.1) is 0 Å². The maximum absolute atomic E-state index is 10.7. The smallest absolute Gasteiger partial charge is 0.221 e. The van der Waals surface area contributed by atoms with Crippen molar-refractivity contribution in [3.63, 3.8) is 0 Å². The lowest BCUT2D eigenvalue weighted by Crippen LogP contribution is -2.16. The monoisotopic (exact) mass is 193 g/mol. The summed E-state index contributed by atoms with van der Waals surface area (Å²) in [5.41, 5.74) is 0.569. The van der Waals surface area contributed by atoms with Crippen molar-refractivity contribution in [1.29, 1.82) is 0 Å². The van der Waals surface area contributed by atoms with Gasteiger partial charge in [-0.3, -0.25) is 4.79 Å². The van der Waals surface area contributed by atoms with Crippen LogP contribution in [-0.4, -0.2) is 15.9 Å². The highest BCUT2D eigenvalue weighted by Gasteiger charge is 2.16. The van der Waals surface area contributed by atoms with E-state index in [-0.39, 0.29) is 11.3 Å². The second kappa shape index (κ2) is 3.74. The molecule has 0 aromatic carbocycles. The molecule has 0 saturated heterocycles. The summed E-state index contributed by atoms with van der Waals surface area (Å²) < 4.78 is 0. The van der Waals surface area contributed by atoms with E-state index in [2.05, 4.69) is 15.3 Å². The second-order valence-electron chi connectivity index (χ2n) is 4.23. The molecule has 14 heavy (non-hydrogen) atoms. The van der Waals surface area contributed by atoms with Crippen LogP contribution in [0.5, 0.6) is 0 Å².